The van der Waals surface area contributed by atoms with E-state index in [0.29, 0.717) is 25.4 Å². The van der Waals surface area contributed by atoms with Gasteiger partial charge in [-0.05, 0) is 54.9 Å². The second-order valence-corrected chi connectivity index (χ2v) is 6.97. The molecule has 0 unspecified atom stereocenters. The number of ether oxygens (including phenoxy) is 1. The van der Waals surface area contributed by atoms with Gasteiger partial charge in [0.2, 0.25) is 0 Å². The molecule has 3 aromatic rings. The van der Waals surface area contributed by atoms with Crippen LogP contribution in [0.5, 0.6) is 5.75 Å². The number of carbonyl (C=O) groups excluding carboxylic acids is 1. The zero-order valence-electron chi connectivity index (χ0n) is 15.9. The predicted molar refractivity (Wildman–Crippen MR) is 111 cm³/mol. The zero-order chi connectivity index (χ0) is 19.3. The molecule has 1 radical (unpaired) electrons. The van der Waals surface area contributed by atoms with Crippen LogP contribution in [0.25, 0.3) is 10.9 Å². The van der Waals surface area contributed by atoms with Gasteiger partial charge in [0, 0.05) is 49.0 Å². The molecule has 1 aliphatic rings. The van der Waals surface area contributed by atoms with E-state index >= 15 is 0 Å². The van der Waals surface area contributed by atoms with Crippen LogP contribution in [0.3, 0.4) is 0 Å². The Morgan fingerprint density at radius 3 is 2.68 bits per heavy atom. The summed E-state index contributed by atoms with van der Waals surface area (Å²) in [5.41, 5.74) is 9.08. The molecule has 1 amide bonds. The van der Waals surface area contributed by atoms with E-state index in [4.69, 9.17) is 10.5 Å². The van der Waals surface area contributed by atoms with E-state index in [-0.39, 0.29) is 12.5 Å². The number of aromatic nitrogens is 1. The Kier molecular flexibility index (Phi) is 5.48. The van der Waals surface area contributed by atoms with E-state index < -0.39 is 0 Å². The number of fused-ring (bicyclic) bond motifs is 1. The quantitative estimate of drug-likeness (QED) is 0.691. The van der Waals surface area contributed by atoms with Gasteiger partial charge in [0.05, 0.1) is 0 Å². The SMILES string of the molecule is NCCc1c[nH]c2ccc(OCC(=O)N3CCN(c4cc[c]cc4)CC3)cc12. The van der Waals surface area contributed by atoms with E-state index in [1.807, 2.05) is 41.4 Å². The molecular formula is C22H25N4O2. The summed E-state index contributed by atoms with van der Waals surface area (Å²) in [6.45, 7) is 3.73. The standard InChI is InChI=1S/C22H25N4O2/c23-9-8-17-15-24-21-7-6-19(14-20(17)21)28-16-22(27)26-12-10-25(11-13-26)18-4-2-1-3-5-18/h2-7,14-15,24H,8-13,16,23H2. The molecule has 1 saturated heterocycles. The lowest BCUT2D eigenvalue weighted by Gasteiger charge is -2.36. The Balaban J connectivity index is 1.32. The fourth-order valence-corrected chi connectivity index (χ4v) is 3.65. The molecule has 0 spiro atoms. The number of benzene rings is 2. The molecule has 2 heterocycles. The van der Waals surface area contributed by atoms with Crippen molar-refractivity contribution >= 4 is 22.5 Å². The molecule has 1 fully saturated rings. The maximum absolute atomic E-state index is 12.6. The van der Waals surface area contributed by atoms with Crippen LogP contribution in [0.4, 0.5) is 5.69 Å². The molecule has 6 nitrogen and oxygen atoms in total. The Labute approximate surface area is 164 Å². The molecule has 4 rings (SSSR count). The highest BCUT2D eigenvalue weighted by atomic mass is 16.5. The van der Waals surface area contributed by atoms with Gasteiger partial charge in [-0.3, -0.25) is 4.79 Å². The number of aromatic amines is 1. The average Bonchev–Trinajstić information content (AvgIpc) is 3.15. The molecule has 6 heteroatoms. The molecule has 0 bridgehead atoms. The van der Waals surface area contributed by atoms with Gasteiger partial charge in [0.25, 0.3) is 5.91 Å². The summed E-state index contributed by atoms with van der Waals surface area (Å²) in [5.74, 6) is 0.732. The minimum absolute atomic E-state index is 0.0254. The van der Waals surface area contributed by atoms with Crippen LogP contribution >= 0.6 is 0 Å². The maximum atomic E-state index is 12.6. The second-order valence-electron chi connectivity index (χ2n) is 6.97. The molecular weight excluding hydrogens is 352 g/mol. The molecule has 2 aromatic carbocycles. The molecule has 1 aliphatic heterocycles. The van der Waals surface area contributed by atoms with Crippen LogP contribution in [0.15, 0.2) is 48.7 Å². The maximum Gasteiger partial charge on any atom is 0.260 e. The predicted octanol–water partition coefficient (Wildman–Crippen LogP) is 2.20. The summed E-state index contributed by atoms with van der Waals surface area (Å²) in [5, 5.41) is 1.10. The molecule has 0 saturated carbocycles. The van der Waals surface area contributed by atoms with Gasteiger partial charge < -0.3 is 25.3 Å². The van der Waals surface area contributed by atoms with Gasteiger partial charge in [0.1, 0.15) is 5.75 Å². The summed E-state index contributed by atoms with van der Waals surface area (Å²) in [7, 11) is 0. The first-order valence-electron chi connectivity index (χ1n) is 9.66. The lowest BCUT2D eigenvalue weighted by Crippen LogP contribution is -2.50. The van der Waals surface area contributed by atoms with Crippen molar-refractivity contribution in [2.24, 2.45) is 5.73 Å². The van der Waals surface area contributed by atoms with Crippen molar-refractivity contribution in [1.82, 2.24) is 9.88 Å². The molecule has 1 aromatic heterocycles. The van der Waals surface area contributed by atoms with Crippen molar-refractivity contribution in [3.05, 3.63) is 60.3 Å². The monoisotopic (exact) mass is 377 g/mol. The van der Waals surface area contributed by atoms with Crippen molar-refractivity contribution in [3.8, 4) is 5.75 Å². The van der Waals surface area contributed by atoms with Crippen molar-refractivity contribution < 1.29 is 9.53 Å². The van der Waals surface area contributed by atoms with Gasteiger partial charge in [-0.15, -0.1) is 0 Å². The largest absolute Gasteiger partial charge is 0.484 e. The van der Waals surface area contributed by atoms with Crippen LogP contribution < -0.4 is 15.4 Å². The van der Waals surface area contributed by atoms with Crippen molar-refractivity contribution in [2.45, 2.75) is 6.42 Å². The smallest absolute Gasteiger partial charge is 0.260 e. The van der Waals surface area contributed by atoms with E-state index in [2.05, 4.69) is 28.1 Å². The highest BCUT2D eigenvalue weighted by Gasteiger charge is 2.21. The number of carbonyl (C=O) groups is 1. The molecule has 145 valence electrons. The van der Waals surface area contributed by atoms with Gasteiger partial charge in [-0.2, -0.15) is 0 Å². The topological polar surface area (TPSA) is 74.6 Å². The highest BCUT2D eigenvalue weighted by Crippen LogP contribution is 2.24. The van der Waals surface area contributed by atoms with Gasteiger partial charge in [-0.1, -0.05) is 12.1 Å². The fraction of sp³-hybridized carbons (Fsp3) is 0.318. The highest BCUT2D eigenvalue weighted by molar-refractivity contribution is 5.85. The second kappa shape index (κ2) is 8.35. The Morgan fingerprint density at radius 2 is 1.93 bits per heavy atom. The molecule has 28 heavy (non-hydrogen) atoms. The number of anilines is 1. The number of rotatable bonds is 6. The number of nitrogens with zero attached hydrogens (tertiary/aromatic N) is 2. The first-order valence-corrected chi connectivity index (χ1v) is 9.66. The van der Waals surface area contributed by atoms with E-state index in [1.54, 1.807) is 0 Å². The molecule has 0 aliphatic carbocycles. The molecule has 0 atom stereocenters. The Bertz CT molecular complexity index is 930. The van der Waals surface area contributed by atoms with E-state index in [1.165, 1.54) is 11.3 Å². The van der Waals surface area contributed by atoms with E-state index in [9.17, 15) is 4.79 Å². The summed E-state index contributed by atoms with van der Waals surface area (Å²) in [6.07, 6.45) is 2.79. The van der Waals surface area contributed by atoms with E-state index in [0.717, 1.165) is 30.4 Å². The first-order chi connectivity index (χ1) is 13.7. The van der Waals surface area contributed by atoms with Crippen LogP contribution in [-0.2, 0) is 11.2 Å². The summed E-state index contributed by atoms with van der Waals surface area (Å²) < 4.78 is 5.79. The average molecular weight is 377 g/mol. The summed E-state index contributed by atoms with van der Waals surface area (Å²) >= 11 is 0. The molecule has 3 N–H and O–H groups in total. The minimum atomic E-state index is 0.0254. The third-order valence-corrected chi connectivity index (χ3v) is 5.21. The number of nitrogens with one attached hydrogen (secondary N) is 1. The minimum Gasteiger partial charge on any atom is -0.484 e. The van der Waals surface area contributed by atoms with Crippen molar-refractivity contribution in [2.75, 3.05) is 44.2 Å². The Morgan fingerprint density at radius 1 is 1.14 bits per heavy atom. The number of piperazine rings is 1. The summed E-state index contributed by atoms with van der Waals surface area (Å²) in [4.78, 5) is 20.0. The Hall–Kier alpha value is -2.99. The number of amides is 1. The van der Waals surface area contributed by atoms with Gasteiger partial charge >= 0.3 is 0 Å². The van der Waals surface area contributed by atoms with Crippen molar-refractivity contribution in [3.63, 3.8) is 0 Å². The fourth-order valence-electron chi connectivity index (χ4n) is 3.65. The van der Waals surface area contributed by atoms with Crippen LogP contribution in [0.1, 0.15) is 5.56 Å². The van der Waals surface area contributed by atoms with Crippen LogP contribution in [0.2, 0.25) is 0 Å². The third kappa shape index (κ3) is 3.97. The number of hydrogen-bond donors (Lipinski definition) is 2. The lowest BCUT2D eigenvalue weighted by atomic mass is 10.1. The number of H-pyrrole nitrogens is 1. The van der Waals surface area contributed by atoms with Crippen molar-refractivity contribution in [1.29, 1.82) is 0 Å². The lowest BCUT2D eigenvalue weighted by molar-refractivity contribution is -0.133. The third-order valence-electron chi connectivity index (χ3n) is 5.21. The number of nitrogens with two attached hydrogens (primary N) is 1. The normalized spacial score (nSPS) is 14.5. The van der Waals surface area contributed by atoms with Crippen LogP contribution in [-0.4, -0.2) is 55.1 Å². The van der Waals surface area contributed by atoms with Crippen LogP contribution in [0, 0.1) is 6.07 Å². The number of hydrogen-bond acceptors (Lipinski definition) is 4. The summed E-state index contributed by atoms with van der Waals surface area (Å²) in [6, 6.07) is 16.8. The van der Waals surface area contributed by atoms with Gasteiger partial charge in [-0.25, -0.2) is 0 Å². The first kappa shape index (κ1) is 18.4. The van der Waals surface area contributed by atoms with Gasteiger partial charge in [0.15, 0.2) is 6.61 Å². The zero-order valence-corrected chi connectivity index (χ0v) is 15.9.